The van der Waals surface area contributed by atoms with Crippen LogP contribution in [0.3, 0.4) is 0 Å². The summed E-state index contributed by atoms with van der Waals surface area (Å²) in [6.45, 7) is 4.51. The SMILES string of the molecule is CC1(C)OCC(CNC(=O)c2ncccc2N)O1. The Hall–Kier alpha value is -1.66. The highest BCUT2D eigenvalue weighted by Gasteiger charge is 2.32. The fourth-order valence-corrected chi connectivity index (χ4v) is 1.76. The van der Waals surface area contributed by atoms with Gasteiger partial charge in [-0.25, -0.2) is 4.98 Å². The molecule has 6 nitrogen and oxygen atoms in total. The third-order valence-electron chi connectivity index (χ3n) is 2.61. The molecule has 0 saturated carbocycles. The number of nitrogens with zero attached hydrogens (tertiary/aromatic N) is 1. The van der Waals surface area contributed by atoms with E-state index in [1.165, 1.54) is 6.20 Å². The first kappa shape index (κ1) is 12.8. The van der Waals surface area contributed by atoms with Gasteiger partial charge in [-0.3, -0.25) is 4.79 Å². The van der Waals surface area contributed by atoms with Crippen molar-refractivity contribution < 1.29 is 14.3 Å². The Balaban J connectivity index is 1.88. The molecule has 6 heteroatoms. The average Bonchev–Trinajstić information content (AvgIpc) is 2.66. The second-order valence-corrected chi connectivity index (χ2v) is 4.60. The van der Waals surface area contributed by atoms with E-state index in [0.29, 0.717) is 18.8 Å². The summed E-state index contributed by atoms with van der Waals surface area (Å²) in [6.07, 6.45) is 1.39. The molecule has 1 amide bonds. The highest BCUT2D eigenvalue weighted by molar-refractivity contribution is 5.96. The lowest BCUT2D eigenvalue weighted by Crippen LogP contribution is -2.35. The number of hydrogen-bond donors (Lipinski definition) is 2. The van der Waals surface area contributed by atoms with E-state index >= 15 is 0 Å². The van der Waals surface area contributed by atoms with Gasteiger partial charge in [0.1, 0.15) is 6.10 Å². The smallest absolute Gasteiger partial charge is 0.272 e. The van der Waals surface area contributed by atoms with Crippen LogP contribution in [0.5, 0.6) is 0 Å². The highest BCUT2D eigenvalue weighted by Crippen LogP contribution is 2.21. The van der Waals surface area contributed by atoms with Gasteiger partial charge in [0.2, 0.25) is 0 Å². The molecule has 1 aromatic rings. The van der Waals surface area contributed by atoms with Gasteiger partial charge >= 0.3 is 0 Å². The van der Waals surface area contributed by atoms with Crippen molar-refractivity contribution in [1.82, 2.24) is 10.3 Å². The Bertz CT molecular complexity index is 448. The van der Waals surface area contributed by atoms with Crippen molar-refractivity contribution in [2.24, 2.45) is 0 Å². The van der Waals surface area contributed by atoms with E-state index in [1.54, 1.807) is 12.1 Å². The average molecular weight is 251 g/mol. The summed E-state index contributed by atoms with van der Waals surface area (Å²) in [5.41, 5.74) is 6.26. The number of amides is 1. The Kier molecular flexibility index (Phi) is 3.49. The molecule has 1 aromatic heterocycles. The van der Waals surface area contributed by atoms with Crippen LogP contribution in [0.1, 0.15) is 24.3 Å². The van der Waals surface area contributed by atoms with Crippen LogP contribution in [0.25, 0.3) is 0 Å². The summed E-state index contributed by atoms with van der Waals surface area (Å²) in [4.78, 5) is 15.8. The number of nitrogens with one attached hydrogen (secondary N) is 1. The fraction of sp³-hybridized carbons (Fsp3) is 0.500. The van der Waals surface area contributed by atoms with Gasteiger partial charge in [-0.1, -0.05) is 0 Å². The van der Waals surface area contributed by atoms with Crippen molar-refractivity contribution in [3.05, 3.63) is 24.0 Å². The Labute approximate surface area is 105 Å². The van der Waals surface area contributed by atoms with Crippen LogP contribution in [0.4, 0.5) is 5.69 Å². The van der Waals surface area contributed by atoms with Crippen LogP contribution >= 0.6 is 0 Å². The Morgan fingerprint density at radius 1 is 1.67 bits per heavy atom. The maximum absolute atomic E-state index is 11.8. The molecule has 1 atom stereocenters. The number of nitrogens with two attached hydrogens (primary N) is 1. The van der Waals surface area contributed by atoms with Crippen molar-refractivity contribution in [3.63, 3.8) is 0 Å². The van der Waals surface area contributed by atoms with Crippen LogP contribution in [-0.2, 0) is 9.47 Å². The molecule has 2 rings (SSSR count). The molecule has 1 aliphatic rings. The lowest BCUT2D eigenvalue weighted by atomic mass is 10.3. The summed E-state index contributed by atoms with van der Waals surface area (Å²) in [7, 11) is 0. The van der Waals surface area contributed by atoms with E-state index in [-0.39, 0.29) is 17.7 Å². The third-order valence-corrected chi connectivity index (χ3v) is 2.61. The van der Waals surface area contributed by atoms with Crippen LogP contribution in [0.2, 0.25) is 0 Å². The number of nitrogen functional groups attached to an aromatic ring is 1. The van der Waals surface area contributed by atoms with Gasteiger partial charge in [0.15, 0.2) is 11.5 Å². The molecule has 0 aliphatic carbocycles. The predicted octanol–water partition coefficient (Wildman–Crippen LogP) is 0.545. The minimum atomic E-state index is -0.584. The third kappa shape index (κ3) is 2.96. The maximum Gasteiger partial charge on any atom is 0.272 e. The normalized spacial score (nSPS) is 21.8. The lowest BCUT2D eigenvalue weighted by Gasteiger charge is -2.17. The molecule has 0 spiro atoms. The van der Waals surface area contributed by atoms with E-state index in [1.807, 2.05) is 13.8 Å². The minimum absolute atomic E-state index is 0.145. The van der Waals surface area contributed by atoms with Gasteiger partial charge in [0.25, 0.3) is 5.91 Å². The van der Waals surface area contributed by atoms with Crippen molar-refractivity contribution in [1.29, 1.82) is 0 Å². The number of anilines is 1. The van der Waals surface area contributed by atoms with Crippen LogP contribution < -0.4 is 11.1 Å². The number of rotatable bonds is 3. The van der Waals surface area contributed by atoms with Crippen LogP contribution in [0, 0.1) is 0 Å². The van der Waals surface area contributed by atoms with Crippen LogP contribution in [-0.4, -0.2) is 35.9 Å². The minimum Gasteiger partial charge on any atom is -0.397 e. The Morgan fingerprint density at radius 3 is 3.06 bits per heavy atom. The van der Waals surface area contributed by atoms with Crippen molar-refractivity contribution in [2.75, 3.05) is 18.9 Å². The highest BCUT2D eigenvalue weighted by atomic mass is 16.7. The number of aromatic nitrogens is 1. The zero-order valence-corrected chi connectivity index (χ0v) is 10.5. The molecule has 1 saturated heterocycles. The van der Waals surface area contributed by atoms with Gasteiger partial charge in [-0.15, -0.1) is 0 Å². The molecule has 3 N–H and O–H groups in total. The van der Waals surface area contributed by atoms with E-state index in [4.69, 9.17) is 15.2 Å². The van der Waals surface area contributed by atoms with E-state index in [0.717, 1.165) is 0 Å². The number of pyridine rings is 1. The van der Waals surface area contributed by atoms with E-state index in [2.05, 4.69) is 10.3 Å². The first-order chi connectivity index (χ1) is 8.48. The summed E-state index contributed by atoms with van der Waals surface area (Å²) in [5.74, 6) is -0.888. The van der Waals surface area contributed by atoms with Gasteiger partial charge in [0.05, 0.1) is 12.3 Å². The van der Waals surface area contributed by atoms with Crippen molar-refractivity contribution >= 4 is 11.6 Å². The molecule has 2 heterocycles. The van der Waals surface area contributed by atoms with Crippen molar-refractivity contribution in [3.8, 4) is 0 Å². The molecule has 0 radical (unpaired) electrons. The summed E-state index contributed by atoms with van der Waals surface area (Å²) in [5, 5.41) is 2.73. The first-order valence-electron chi connectivity index (χ1n) is 5.78. The lowest BCUT2D eigenvalue weighted by molar-refractivity contribution is -0.137. The fourth-order valence-electron chi connectivity index (χ4n) is 1.76. The number of ether oxygens (including phenoxy) is 2. The number of carbonyl (C=O) groups excluding carboxylic acids is 1. The second-order valence-electron chi connectivity index (χ2n) is 4.60. The second kappa shape index (κ2) is 4.91. The topological polar surface area (TPSA) is 86.5 Å². The molecule has 1 unspecified atom stereocenters. The first-order valence-corrected chi connectivity index (χ1v) is 5.78. The molecule has 1 fully saturated rings. The van der Waals surface area contributed by atoms with Crippen molar-refractivity contribution in [2.45, 2.75) is 25.7 Å². The maximum atomic E-state index is 11.8. The number of hydrogen-bond acceptors (Lipinski definition) is 5. The molecule has 98 valence electrons. The molecule has 1 aliphatic heterocycles. The largest absolute Gasteiger partial charge is 0.397 e. The van der Waals surface area contributed by atoms with Gasteiger partial charge in [-0.05, 0) is 26.0 Å². The molecular formula is C12H17N3O3. The quantitative estimate of drug-likeness (QED) is 0.819. The zero-order chi connectivity index (χ0) is 13.2. The standard InChI is InChI=1S/C12H17N3O3/c1-12(2)17-7-8(18-12)6-15-11(16)10-9(13)4-3-5-14-10/h3-5,8H,6-7,13H2,1-2H3,(H,15,16). The summed E-state index contributed by atoms with van der Waals surface area (Å²) < 4.78 is 11.0. The van der Waals surface area contributed by atoms with Crippen LogP contribution in [0.15, 0.2) is 18.3 Å². The van der Waals surface area contributed by atoms with E-state index in [9.17, 15) is 4.79 Å². The molecular weight excluding hydrogens is 234 g/mol. The molecule has 18 heavy (non-hydrogen) atoms. The van der Waals surface area contributed by atoms with Gasteiger partial charge < -0.3 is 20.5 Å². The zero-order valence-electron chi connectivity index (χ0n) is 10.5. The van der Waals surface area contributed by atoms with Gasteiger partial charge in [0, 0.05) is 12.7 Å². The summed E-state index contributed by atoms with van der Waals surface area (Å²) in [6, 6.07) is 3.32. The van der Waals surface area contributed by atoms with E-state index < -0.39 is 5.79 Å². The Morgan fingerprint density at radius 2 is 2.44 bits per heavy atom. The summed E-state index contributed by atoms with van der Waals surface area (Å²) >= 11 is 0. The monoisotopic (exact) mass is 251 g/mol. The molecule has 0 aromatic carbocycles. The number of carbonyl (C=O) groups is 1. The molecule has 0 bridgehead atoms. The van der Waals surface area contributed by atoms with Gasteiger partial charge in [-0.2, -0.15) is 0 Å². The predicted molar refractivity (Wildman–Crippen MR) is 65.9 cm³/mol.